The Balaban J connectivity index is 2.22. The number of hydrogen-bond donors (Lipinski definition) is 1. The molecule has 1 atom stereocenters. The van der Waals surface area contributed by atoms with E-state index < -0.39 is 5.97 Å². The van der Waals surface area contributed by atoms with Crippen LogP contribution in [-0.2, 0) is 4.79 Å². The molecule has 5 heteroatoms. The number of carbonyl (C=O) groups is 1. The first-order valence-corrected chi connectivity index (χ1v) is 7.28. The summed E-state index contributed by atoms with van der Waals surface area (Å²) in [5.74, 6) is -0.809. The standard InChI is InChI=1S/C18H17N3O2/c19-21-20-18(15-9-2-1-3-10-15)16-11-6-8-14(13-16)7-4-5-12-17(22)23/h1-4,6-11,13,18H,5,12H2,(H,22,23)/b7-4+. The molecule has 0 radical (unpaired) electrons. The van der Waals surface area contributed by atoms with Crippen molar-refractivity contribution >= 4 is 12.0 Å². The maximum atomic E-state index is 10.5. The Hall–Kier alpha value is -3.04. The zero-order chi connectivity index (χ0) is 16.5. The third kappa shape index (κ3) is 5.02. The number of aliphatic carboxylic acids is 1. The lowest BCUT2D eigenvalue weighted by Gasteiger charge is -2.12. The third-order valence-electron chi connectivity index (χ3n) is 3.34. The van der Waals surface area contributed by atoms with Crippen LogP contribution in [0.1, 0.15) is 35.6 Å². The fraction of sp³-hybridized carbons (Fsp3) is 0.167. The second kappa shape index (κ2) is 8.41. The van der Waals surface area contributed by atoms with Gasteiger partial charge in [-0.05, 0) is 28.6 Å². The smallest absolute Gasteiger partial charge is 0.303 e. The molecular weight excluding hydrogens is 290 g/mol. The van der Waals surface area contributed by atoms with E-state index in [2.05, 4.69) is 10.0 Å². The van der Waals surface area contributed by atoms with Gasteiger partial charge in [0, 0.05) is 11.3 Å². The topological polar surface area (TPSA) is 86.1 Å². The molecular formula is C18H17N3O2. The highest BCUT2D eigenvalue weighted by atomic mass is 16.4. The van der Waals surface area contributed by atoms with Crippen LogP contribution in [0.3, 0.4) is 0 Å². The van der Waals surface area contributed by atoms with Crippen LogP contribution in [0.15, 0.2) is 65.8 Å². The largest absolute Gasteiger partial charge is 0.481 e. The first kappa shape index (κ1) is 16.3. The molecule has 0 aliphatic carbocycles. The van der Waals surface area contributed by atoms with Crippen LogP contribution in [0, 0.1) is 0 Å². The van der Waals surface area contributed by atoms with Crippen LogP contribution in [0.4, 0.5) is 0 Å². The van der Waals surface area contributed by atoms with E-state index in [4.69, 9.17) is 10.6 Å². The van der Waals surface area contributed by atoms with Gasteiger partial charge in [-0.2, -0.15) is 0 Å². The highest BCUT2D eigenvalue weighted by Crippen LogP contribution is 2.27. The van der Waals surface area contributed by atoms with Gasteiger partial charge in [0.05, 0.1) is 6.04 Å². The molecule has 0 heterocycles. The van der Waals surface area contributed by atoms with Crippen molar-refractivity contribution < 1.29 is 9.90 Å². The van der Waals surface area contributed by atoms with Crippen molar-refractivity contribution in [2.75, 3.05) is 0 Å². The van der Waals surface area contributed by atoms with Crippen molar-refractivity contribution in [2.24, 2.45) is 5.11 Å². The molecule has 0 aliphatic heterocycles. The van der Waals surface area contributed by atoms with E-state index in [9.17, 15) is 4.79 Å². The molecule has 0 saturated heterocycles. The third-order valence-corrected chi connectivity index (χ3v) is 3.34. The van der Waals surface area contributed by atoms with Crippen molar-refractivity contribution in [3.8, 4) is 0 Å². The van der Waals surface area contributed by atoms with Crippen LogP contribution in [0.25, 0.3) is 16.5 Å². The number of carboxylic acid groups (broad SMARTS) is 1. The van der Waals surface area contributed by atoms with Gasteiger partial charge >= 0.3 is 5.97 Å². The van der Waals surface area contributed by atoms with Crippen LogP contribution in [-0.4, -0.2) is 11.1 Å². The molecule has 0 aromatic heterocycles. The lowest BCUT2D eigenvalue weighted by atomic mass is 9.98. The molecule has 2 aromatic carbocycles. The van der Waals surface area contributed by atoms with E-state index >= 15 is 0 Å². The van der Waals surface area contributed by atoms with Crippen molar-refractivity contribution in [3.63, 3.8) is 0 Å². The predicted molar refractivity (Wildman–Crippen MR) is 89.8 cm³/mol. The SMILES string of the molecule is [N-]=[N+]=NC(c1ccccc1)c1cccc(/C=C/CCC(=O)O)c1. The van der Waals surface area contributed by atoms with Gasteiger partial charge in [0.15, 0.2) is 0 Å². The number of carboxylic acids is 1. The Labute approximate surface area is 134 Å². The Kier molecular flexibility index (Phi) is 5.98. The molecule has 23 heavy (non-hydrogen) atoms. The van der Waals surface area contributed by atoms with Gasteiger partial charge in [0.2, 0.25) is 0 Å². The van der Waals surface area contributed by atoms with Gasteiger partial charge in [0.25, 0.3) is 0 Å². The summed E-state index contributed by atoms with van der Waals surface area (Å²) in [6.45, 7) is 0. The maximum absolute atomic E-state index is 10.5. The zero-order valence-corrected chi connectivity index (χ0v) is 12.5. The Morgan fingerprint density at radius 3 is 2.61 bits per heavy atom. The van der Waals surface area contributed by atoms with Gasteiger partial charge in [-0.15, -0.1) is 0 Å². The molecule has 5 nitrogen and oxygen atoms in total. The first-order chi connectivity index (χ1) is 11.2. The molecule has 0 amide bonds. The minimum Gasteiger partial charge on any atom is -0.481 e. The van der Waals surface area contributed by atoms with Crippen LogP contribution in [0.2, 0.25) is 0 Å². The fourth-order valence-corrected chi connectivity index (χ4v) is 2.27. The summed E-state index contributed by atoms with van der Waals surface area (Å²) in [4.78, 5) is 13.5. The van der Waals surface area contributed by atoms with Gasteiger partial charge < -0.3 is 5.11 Å². The highest BCUT2D eigenvalue weighted by molar-refractivity contribution is 5.67. The average molecular weight is 307 g/mol. The van der Waals surface area contributed by atoms with E-state index in [1.807, 2.05) is 66.7 Å². The molecule has 0 fully saturated rings. The number of nitrogens with zero attached hydrogens (tertiary/aromatic N) is 3. The zero-order valence-electron chi connectivity index (χ0n) is 12.5. The molecule has 1 N–H and O–H groups in total. The lowest BCUT2D eigenvalue weighted by Crippen LogP contribution is -1.97. The molecule has 1 unspecified atom stereocenters. The second-order valence-electron chi connectivity index (χ2n) is 5.02. The molecule has 116 valence electrons. The summed E-state index contributed by atoms with van der Waals surface area (Å²) in [6.07, 6.45) is 4.31. The van der Waals surface area contributed by atoms with E-state index in [0.29, 0.717) is 6.42 Å². The number of rotatable bonds is 7. The molecule has 0 spiro atoms. The summed E-state index contributed by atoms with van der Waals surface area (Å²) in [5.41, 5.74) is 11.6. The molecule has 0 aliphatic rings. The summed E-state index contributed by atoms with van der Waals surface area (Å²) >= 11 is 0. The molecule has 0 saturated carbocycles. The van der Waals surface area contributed by atoms with Crippen molar-refractivity contribution in [1.82, 2.24) is 0 Å². The Bertz CT molecular complexity index is 735. The average Bonchev–Trinajstić information content (AvgIpc) is 2.57. The summed E-state index contributed by atoms with van der Waals surface area (Å²) in [6, 6.07) is 16.9. The first-order valence-electron chi connectivity index (χ1n) is 7.28. The maximum Gasteiger partial charge on any atom is 0.303 e. The van der Waals surface area contributed by atoms with Gasteiger partial charge in [0.1, 0.15) is 0 Å². The number of hydrogen-bond acceptors (Lipinski definition) is 2. The summed E-state index contributed by atoms with van der Waals surface area (Å²) in [7, 11) is 0. The van der Waals surface area contributed by atoms with Crippen LogP contribution >= 0.6 is 0 Å². The van der Waals surface area contributed by atoms with E-state index in [1.54, 1.807) is 0 Å². The van der Waals surface area contributed by atoms with Gasteiger partial charge in [-0.3, -0.25) is 4.79 Å². The Morgan fingerprint density at radius 1 is 1.17 bits per heavy atom. The summed E-state index contributed by atoms with van der Waals surface area (Å²) in [5, 5.41) is 12.5. The van der Waals surface area contributed by atoms with Crippen molar-refractivity contribution in [2.45, 2.75) is 18.9 Å². The molecule has 0 bridgehead atoms. The monoisotopic (exact) mass is 307 g/mol. The minimum atomic E-state index is -0.809. The van der Waals surface area contributed by atoms with Crippen LogP contribution in [0.5, 0.6) is 0 Å². The summed E-state index contributed by atoms with van der Waals surface area (Å²) < 4.78 is 0. The van der Waals surface area contributed by atoms with Crippen molar-refractivity contribution in [3.05, 3.63) is 87.8 Å². The minimum absolute atomic E-state index is 0.113. The van der Waals surface area contributed by atoms with Gasteiger partial charge in [-0.25, -0.2) is 0 Å². The molecule has 2 rings (SSSR count). The quantitative estimate of drug-likeness (QED) is 0.445. The fourth-order valence-electron chi connectivity index (χ4n) is 2.27. The normalized spacial score (nSPS) is 11.8. The number of azide groups is 1. The van der Waals surface area contributed by atoms with Crippen molar-refractivity contribution in [1.29, 1.82) is 0 Å². The number of benzene rings is 2. The predicted octanol–water partition coefficient (Wildman–Crippen LogP) is 4.96. The second-order valence-corrected chi connectivity index (χ2v) is 5.02. The van der Waals surface area contributed by atoms with E-state index in [0.717, 1.165) is 16.7 Å². The lowest BCUT2D eigenvalue weighted by molar-refractivity contribution is -0.136. The highest BCUT2D eigenvalue weighted by Gasteiger charge is 2.11. The Morgan fingerprint density at radius 2 is 1.91 bits per heavy atom. The van der Waals surface area contributed by atoms with E-state index in [-0.39, 0.29) is 12.5 Å². The number of allylic oxidation sites excluding steroid dienone is 1. The van der Waals surface area contributed by atoms with Gasteiger partial charge in [-0.1, -0.05) is 71.9 Å². The molecule has 2 aromatic rings. The van der Waals surface area contributed by atoms with E-state index in [1.165, 1.54) is 0 Å². The van der Waals surface area contributed by atoms with Crippen LogP contribution < -0.4 is 0 Å².